The maximum atomic E-state index is 3.35. The topological polar surface area (TPSA) is 0 Å². The molecule has 0 nitrogen and oxygen atoms in total. The van der Waals surface area contributed by atoms with Crippen LogP contribution in [0.15, 0.2) is 33.2 Å². The van der Waals surface area contributed by atoms with Gasteiger partial charge in [0.15, 0.2) is 0 Å². The Balaban J connectivity index is 0.000000640. The van der Waals surface area contributed by atoms with E-state index < -0.39 is 0 Å². The second-order valence-corrected chi connectivity index (χ2v) is 3.12. The molecule has 0 spiro atoms. The molecule has 3 heteroatoms. The second-order valence-electron chi connectivity index (χ2n) is 1.41. The van der Waals surface area contributed by atoms with Crippen LogP contribution in [-0.2, 0) is 0 Å². The van der Waals surface area contributed by atoms with E-state index in [4.69, 9.17) is 0 Å². The van der Waals surface area contributed by atoms with E-state index in [9.17, 15) is 0 Å². The maximum Gasteiger partial charge on any atom is 0.0317 e. The Morgan fingerprint density at radius 3 is 1.44 bits per heavy atom. The Morgan fingerprint density at radius 2 is 1.22 bits per heavy atom. The molecule has 0 aliphatic carbocycles. The second kappa shape index (κ2) is 4.57. The molecule has 0 atom stereocenters. The Morgan fingerprint density at radius 1 is 0.889 bits per heavy atom. The fourth-order valence-corrected chi connectivity index (χ4v) is 1.01. The van der Waals surface area contributed by atoms with Crippen LogP contribution in [0.3, 0.4) is 0 Å². The zero-order chi connectivity index (χ0) is 5.98. The van der Waals surface area contributed by atoms with Gasteiger partial charge in [-0.3, -0.25) is 0 Å². The Labute approximate surface area is 83.5 Å². The first kappa shape index (κ1) is 9.78. The van der Waals surface area contributed by atoms with Crippen molar-refractivity contribution in [2.75, 3.05) is 0 Å². The van der Waals surface area contributed by atoms with Crippen LogP contribution in [-0.4, -0.2) is 18.9 Å². The first-order valence-corrected chi connectivity index (χ1v) is 3.79. The van der Waals surface area contributed by atoms with Crippen LogP contribution < -0.4 is 0 Å². The zero-order valence-electron chi connectivity index (χ0n) is 5.07. The summed E-state index contributed by atoms with van der Waals surface area (Å²) >= 11 is 6.70. The van der Waals surface area contributed by atoms with Crippen LogP contribution in [0.1, 0.15) is 0 Å². The summed E-state index contributed by atoms with van der Waals surface area (Å²) in [7, 11) is 0. The van der Waals surface area contributed by atoms with Gasteiger partial charge >= 0.3 is 0 Å². The number of halogens is 2. The summed E-state index contributed by atoms with van der Waals surface area (Å²) in [4.78, 5) is 0. The Bertz CT molecular complexity index is 167. The van der Waals surface area contributed by atoms with Crippen LogP contribution in [0.2, 0.25) is 0 Å². The van der Waals surface area contributed by atoms with Gasteiger partial charge in [-0.25, -0.2) is 0 Å². The SMILES string of the molecule is Brc1ccccc1Br.[Li]. The first-order chi connectivity index (χ1) is 3.80. The van der Waals surface area contributed by atoms with Gasteiger partial charge in [0, 0.05) is 27.8 Å². The molecule has 0 saturated carbocycles. The molecule has 0 fully saturated rings. The molecule has 1 aromatic rings. The quantitative estimate of drug-likeness (QED) is 0.614. The van der Waals surface area contributed by atoms with Crippen molar-refractivity contribution in [1.82, 2.24) is 0 Å². The molecule has 43 valence electrons. The Hall–Kier alpha value is 0.777. The van der Waals surface area contributed by atoms with Gasteiger partial charge in [-0.05, 0) is 44.0 Å². The minimum Gasteiger partial charge on any atom is -0.0611 e. The first-order valence-electron chi connectivity index (χ1n) is 2.21. The van der Waals surface area contributed by atoms with Crippen molar-refractivity contribution in [2.24, 2.45) is 0 Å². The predicted molar refractivity (Wildman–Crippen MR) is 47.6 cm³/mol. The molecular weight excluding hydrogens is 239 g/mol. The molecule has 1 radical (unpaired) electrons. The van der Waals surface area contributed by atoms with E-state index in [1.807, 2.05) is 24.3 Å². The van der Waals surface area contributed by atoms with Crippen LogP contribution in [0.4, 0.5) is 0 Å². The van der Waals surface area contributed by atoms with Gasteiger partial charge in [0.2, 0.25) is 0 Å². The molecule has 0 aliphatic heterocycles. The molecule has 0 bridgehead atoms. The standard InChI is InChI=1S/C6H4Br2.Li/c7-5-3-1-2-4-6(5)8;/h1-4H;. The number of benzene rings is 1. The summed E-state index contributed by atoms with van der Waals surface area (Å²) < 4.78 is 2.19. The van der Waals surface area contributed by atoms with Crippen molar-refractivity contribution in [3.05, 3.63) is 33.2 Å². The monoisotopic (exact) mass is 241 g/mol. The smallest absolute Gasteiger partial charge is 0.0317 e. The molecule has 0 N–H and O–H groups in total. The van der Waals surface area contributed by atoms with Gasteiger partial charge in [-0.2, -0.15) is 0 Å². The minimum atomic E-state index is 0. The number of rotatable bonds is 0. The molecule has 1 rings (SSSR count). The molecule has 9 heavy (non-hydrogen) atoms. The molecule has 0 heterocycles. The molecule has 0 amide bonds. The van der Waals surface area contributed by atoms with Gasteiger partial charge in [0.1, 0.15) is 0 Å². The maximum absolute atomic E-state index is 3.35. The van der Waals surface area contributed by atoms with E-state index in [1.54, 1.807) is 0 Å². The zero-order valence-corrected chi connectivity index (χ0v) is 8.24. The third-order valence-electron chi connectivity index (χ3n) is 0.824. The average molecular weight is 243 g/mol. The van der Waals surface area contributed by atoms with Gasteiger partial charge < -0.3 is 0 Å². The van der Waals surface area contributed by atoms with E-state index >= 15 is 0 Å². The fourth-order valence-electron chi connectivity index (χ4n) is 0.439. The van der Waals surface area contributed by atoms with Crippen molar-refractivity contribution in [2.45, 2.75) is 0 Å². The largest absolute Gasteiger partial charge is 0.0611 e. The normalized spacial score (nSPS) is 8.22. The van der Waals surface area contributed by atoms with E-state index in [-0.39, 0.29) is 18.9 Å². The molecule has 0 aliphatic rings. The average Bonchev–Trinajstić information content (AvgIpc) is 1.77. The third kappa shape index (κ3) is 2.91. The summed E-state index contributed by atoms with van der Waals surface area (Å²) in [5.74, 6) is 0. The molecule has 0 unspecified atom stereocenters. The van der Waals surface area contributed by atoms with Gasteiger partial charge in [0.05, 0.1) is 0 Å². The predicted octanol–water partition coefficient (Wildman–Crippen LogP) is 2.83. The van der Waals surface area contributed by atoms with Crippen molar-refractivity contribution >= 4 is 50.7 Å². The van der Waals surface area contributed by atoms with E-state index in [2.05, 4.69) is 31.9 Å². The number of hydrogen-bond acceptors (Lipinski definition) is 0. The molecule has 0 saturated heterocycles. The third-order valence-corrected chi connectivity index (χ3v) is 2.74. The van der Waals surface area contributed by atoms with E-state index in [1.165, 1.54) is 0 Å². The van der Waals surface area contributed by atoms with Gasteiger partial charge in [0.25, 0.3) is 0 Å². The van der Waals surface area contributed by atoms with Gasteiger partial charge in [-0.15, -0.1) is 0 Å². The van der Waals surface area contributed by atoms with Crippen molar-refractivity contribution in [1.29, 1.82) is 0 Å². The summed E-state index contributed by atoms with van der Waals surface area (Å²) in [6, 6.07) is 7.94. The molecule has 1 aromatic carbocycles. The minimum absolute atomic E-state index is 0. The number of hydrogen-bond donors (Lipinski definition) is 0. The van der Waals surface area contributed by atoms with Crippen molar-refractivity contribution < 1.29 is 0 Å². The van der Waals surface area contributed by atoms with Crippen LogP contribution in [0, 0.1) is 0 Å². The summed E-state index contributed by atoms with van der Waals surface area (Å²) in [6.07, 6.45) is 0. The van der Waals surface area contributed by atoms with Gasteiger partial charge in [-0.1, -0.05) is 12.1 Å². The van der Waals surface area contributed by atoms with E-state index in [0.717, 1.165) is 8.95 Å². The van der Waals surface area contributed by atoms with Crippen LogP contribution in [0.25, 0.3) is 0 Å². The van der Waals surface area contributed by atoms with Crippen molar-refractivity contribution in [3.63, 3.8) is 0 Å². The van der Waals surface area contributed by atoms with Crippen molar-refractivity contribution in [3.8, 4) is 0 Å². The fraction of sp³-hybridized carbons (Fsp3) is 0. The molecule has 0 aromatic heterocycles. The summed E-state index contributed by atoms with van der Waals surface area (Å²) in [6.45, 7) is 0. The van der Waals surface area contributed by atoms with Crippen LogP contribution >= 0.6 is 31.9 Å². The summed E-state index contributed by atoms with van der Waals surface area (Å²) in [5.41, 5.74) is 0. The van der Waals surface area contributed by atoms with E-state index in [0.29, 0.717) is 0 Å². The molecular formula is C6H4Br2Li. The van der Waals surface area contributed by atoms with Crippen LogP contribution in [0.5, 0.6) is 0 Å². The Kier molecular flexibility index (Phi) is 4.97. The summed E-state index contributed by atoms with van der Waals surface area (Å²) in [5, 5.41) is 0.